The predicted molar refractivity (Wildman–Crippen MR) is 54.4 cm³/mol. The van der Waals surface area contributed by atoms with E-state index in [2.05, 4.69) is 19.7 Å². The Morgan fingerprint density at radius 3 is 2.93 bits per heavy atom. The van der Waals surface area contributed by atoms with Crippen molar-refractivity contribution >= 4 is 22.7 Å². The normalized spacial score (nSPS) is 10.5. The van der Waals surface area contributed by atoms with E-state index in [0.29, 0.717) is 28.2 Å². The fourth-order valence-corrected chi connectivity index (χ4v) is 1.41. The summed E-state index contributed by atoms with van der Waals surface area (Å²) in [7, 11) is 1.31. The Kier molecular flexibility index (Phi) is 2.03. The number of ether oxygens (including phenoxy) is 1. The molecule has 6 heteroatoms. The number of hydrogen-bond donors (Lipinski definition) is 2. The van der Waals surface area contributed by atoms with Crippen LogP contribution in [0, 0.1) is 6.92 Å². The molecule has 0 amide bonds. The van der Waals surface area contributed by atoms with Crippen LogP contribution in [0.3, 0.4) is 0 Å². The van der Waals surface area contributed by atoms with Gasteiger partial charge in [0.15, 0.2) is 5.69 Å². The number of nitrogens with one attached hydrogen (secondary N) is 1. The molecule has 0 radical (unpaired) electrons. The first-order valence-corrected chi connectivity index (χ1v) is 4.33. The average Bonchev–Trinajstić information content (AvgIpc) is 2.60. The number of methoxy groups -OCH3 is 1. The maximum absolute atomic E-state index is 11.4. The molecule has 0 bridgehead atoms. The summed E-state index contributed by atoms with van der Waals surface area (Å²) < 4.78 is 4.61. The van der Waals surface area contributed by atoms with Crippen LogP contribution in [0.2, 0.25) is 0 Å². The fourth-order valence-electron chi connectivity index (χ4n) is 1.41. The van der Waals surface area contributed by atoms with E-state index in [-0.39, 0.29) is 0 Å². The molecule has 0 saturated heterocycles. The van der Waals surface area contributed by atoms with Gasteiger partial charge in [0.1, 0.15) is 17.2 Å². The van der Waals surface area contributed by atoms with Gasteiger partial charge in [-0.15, -0.1) is 0 Å². The molecule has 0 aromatic carbocycles. The van der Waals surface area contributed by atoms with Crippen molar-refractivity contribution in [2.75, 3.05) is 12.8 Å². The predicted octanol–water partition coefficient (Wildman–Crippen LogP) is 0.635. The Morgan fingerprint density at radius 1 is 1.53 bits per heavy atom. The molecule has 0 spiro atoms. The monoisotopic (exact) mass is 206 g/mol. The first-order chi connectivity index (χ1) is 7.13. The number of nitrogen functional groups attached to an aromatic ring is 1. The highest BCUT2D eigenvalue weighted by Gasteiger charge is 2.16. The summed E-state index contributed by atoms with van der Waals surface area (Å²) in [6, 6.07) is 0. The van der Waals surface area contributed by atoms with Crippen LogP contribution in [0.5, 0.6) is 0 Å². The lowest BCUT2D eigenvalue weighted by Crippen LogP contribution is -2.03. The molecular formula is C9H10N4O2. The van der Waals surface area contributed by atoms with Crippen molar-refractivity contribution in [3.05, 3.63) is 17.7 Å². The van der Waals surface area contributed by atoms with Gasteiger partial charge in [-0.25, -0.2) is 14.8 Å². The summed E-state index contributed by atoms with van der Waals surface area (Å²) >= 11 is 0. The molecule has 2 rings (SSSR count). The van der Waals surface area contributed by atoms with Gasteiger partial charge >= 0.3 is 5.97 Å². The summed E-state index contributed by atoms with van der Waals surface area (Å²) in [5, 5.41) is 0.626. The molecule has 2 heterocycles. The lowest BCUT2D eigenvalue weighted by molar-refractivity contribution is 0.0597. The number of nitrogens with zero attached hydrogens (tertiary/aromatic N) is 2. The van der Waals surface area contributed by atoms with E-state index >= 15 is 0 Å². The van der Waals surface area contributed by atoms with Crippen molar-refractivity contribution in [3.63, 3.8) is 0 Å². The van der Waals surface area contributed by atoms with Crippen molar-refractivity contribution in [1.29, 1.82) is 0 Å². The Labute approximate surface area is 85.5 Å². The number of aryl methyl sites for hydroxylation is 1. The third-order valence-corrected chi connectivity index (χ3v) is 2.07. The molecular weight excluding hydrogens is 196 g/mol. The van der Waals surface area contributed by atoms with Crippen LogP contribution in [0.1, 0.15) is 16.3 Å². The summed E-state index contributed by atoms with van der Waals surface area (Å²) in [5.74, 6) is 0.399. The molecule has 2 aromatic rings. The topological polar surface area (TPSA) is 93.9 Å². The molecule has 0 aliphatic heterocycles. The first-order valence-electron chi connectivity index (χ1n) is 4.33. The molecule has 6 nitrogen and oxygen atoms in total. The molecule has 3 N–H and O–H groups in total. The van der Waals surface area contributed by atoms with E-state index in [9.17, 15) is 4.79 Å². The minimum atomic E-state index is -0.470. The quantitative estimate of drug-likeness (QED) is 0.667. The number of rotatable bonds is 1. The van der Waals surface area contributed by atoms with Gasteiger partial charge in [-0.1, -0.05) is 0 Å². The van der Waals surface area contributed by atoms with Crippen LogP contribution < -0.4 is 5.73 Å². The van der Waals surface area contributed by atoms with Gasteiger partial charge < -0.3 is 15.5 Å². The minimum Gasteiger partial charge on any atom is -0.464 e. The van der Waals surface area contributed by atoms with Gasteiger partial charge in [-0.2, -0.15) is 0 Å². The van der Waals surface area contributed by atoms with E-state index in [1.807, 2.05) is 0 Å². The number of aromatic amines is 1. The van der Waals surface area contributed by atoms with Crippen LogP contribution in [0.4, 0.5) is 5.82 Å². The van der Waals surface area contributed by atoms with Crippen LogP contribution in [0.25, 0.3) is 10.9 Å². The van der Waals surface area contributed by atoms with Crippen molar-refractivity contribution in [2.24, 2.45) is 0 Å². The third-order valence-electron chi connectivity index (χ3n) is 2.07. The minimum absolute atomic E-state index is 0.296. The van der Waals surface area contributed by atoms with E-state index in [1.54, 1.807) is 13.1 Å². The molecule has 0 aliphatic carbocycles. The number of nitrogens with two attached hydrogens (primary N) is 1. The molecule has 0 saturated carbocycles. The SMILES string of the molecule is COC(=O)c1[nH]cc2c(N)nc(C)nc12. The van der Waals surface area contributed by atoms with Crippen molar-refractivity contribution in [1.82, 2.24) is 15.0 Å². The Balaban J connectivity index is 2.74. The van der Waals surface area contributed by atoms with Crippen molar-refractivity contribution in [2.45, 2.75) is 6.92 Å². The third kappa shape index (κ3) is 1.39. The van der Waals surface area contributed by atoms with E-state index in [4.69, 9.17) is 5.73 Å². The maximum Gasteiger partial charge on any atom is 0.356 e. The van der Waals surface area contributed by atoms with Gasteiger partial charge in [-0.05, 0) is 6.92 Å². The summed E-state index contributed by atoms with van der Waals surface area (Å²) in [6.45, 7) is 1.71. The number of aromatic nitrogens is 3. The number of anilines is 1. The smallest absolute Gasteiger partial charge is 0.356 e. The van der Waals surface area contributed by atoms with Gasteiger partial charge in [0.05, 0.1) is 12.5 Å². The lowest BCUT2D eigenvalue weighted by Gasteiger charge is -1.99. The van der Waals surface area contributed by atoms with Gasteiger partial charge in [-0.3, -0.25) is 0 Å². The zero-order valence-corrected chi connectivity index (χ0v) is 8.37. The molecule has 0 atom stereocenters. The lowest BCUT2D eigenvalue weighted by atomic mass is 10.3. The van der Waals surface area contributed by atoms with Crippen molar-refractivity contribution in [3.8, 4) is 0 Å². The average molecular weight is 206 g/mol. The zero-order chi connectivity index (χ0) is 11.0. The molecule has 2 aromatic heterocycles. The summed E-state index contributed by atoms with van der Waals surface area (Å²) in [5.41, 5.74) is 6.48. The van der Waals surface area contributed by atoms with Crippen LogP contribution >= 0.6 is 0 Å². The Bertz CT molecular complexity index is 532. The molecule has 0 unspecified atom stereocenters. The fraction of sp³-hybridized carbons (Fsp3) is 0.222. The van der Waals surface area contributed by atoms with Gasteiger partial charge in [0.2, 0.25) is 0 Å². The first kappa shape index (κ1) is 9.45. The summed E-state index contributed by atoms with van der Waals surface area (Å²) in [4.78, 5) is 22.3. The number of carbonyl (C=O) groups is 1. The number of esters is 1. The largest absolute Gasteiger partial charge is 0.464 e. The molecule has 0 aliphatic rings. The number of H-pyrrole nitrogens is 1. The van der Waals surface area contributed by atoms with Gasteiger partial charge in [0, 0.05) is 6.20 Å². The van der Waals surface area contributed by atoms with Crippen LogP contribution in [-0.4, -0.2) is 28.0 Å². The molecule has 0 fully saturated rings. The maximum atomic E-state index is 11.4. The second-order valence-electron chi connectivity index (χ2n) is 3.07. The Hall–Kier alpha value is -2.11. The second kappa shape index (κ2) is 3.23. The number of hydrogen-bond acceptors (Lipinski definition) is 5. The van der Waals surface area contributed by atoms with Crippen molar-refractivity contribution < 1.29 is 9.53 Å². The zero-order valence-electron chi connectivity index (χ0n) is 8.37. The summed E-state index contributed by atoms with van der Waals surface area (Å²) in [6.07, 6.45) is 1.59. The standard InChI is InChI=1S/C9H10N4O2/c1-4-12-6-5(8(10)13-4)3-11-7(6)9(14)15-2/h3,11H,1-2H3,(H2,10,12,13). The highest BCUT2D eigenvalue weighted by Crippen LogP contribution is 2.21. The number of carbonyl (C=O) groups excluding carboxylic acids is 1. The van der Waals surface area contributed by atoms with E-state index in [1.165, 1.54) is 7.11 Å². The van der Waals surface area contributed by atoms with Gasteiger partial charge in [0.25, 0.3) is 0 Å². The molecule has 15 heavy (non-hydrogen) atoms. The van der Waals surface area contributed by atoms with E-state index in [0.717, 1.165) is 0 Å². The highest BCUT2D eigenvalue weighted by atomic mass is 16.5. The van der Waals surface area contributed by atoms with Crippen LogP contribution in [0.15, 0.2) is 6.20 Å². The Morgan fingerprint density at radius 2 is 2.27 bits per heavy atom. The van der Waals surface area contributed by atoms with Crippen LogP contribution in [-0.2, 0) is 4.74 Å². The number of fused-ring (bicyclic) bond motifs is 1. The molecule has 78 valence electrons. The van der Waals surface area contributed by atoms with E-state index < -0.39 is 5.97 Å². The second-order valence-corrected chi connectivity index (χ2v) is 3.07. The highest BCUT2D eigenvalue weighted by molar-refractivity contribution is 6.04.